The van der Waals surface area contributed by atoms with Gasteiger partial charge in [-0.1, -0.05) is 37.3 Å². The highest BCUT2D eigenvalue weighted by molar-refractivity contribution is 5.81. The van der Waals surface area contributed by atoms with E-state index in [1.54, 1.807) is 17.0 Å². The second-order valence-corrected chi connectivity index (χ2v) is 8.47. The summed E-state index contributed by atoms with van der Waals surface area (Å²) in [6.07, 6.45) is 2.61. The summed E-state index contributed by atoms with van der Waals surface area (Å²) in [6, 6.07) is 18.8. The minimum atomic E-state index is -0.549. The molecular weight excluding hydrogens is 461 g/mol. The number of carbonyl (C=O) groups is 2. The van der Waals surface area contributed by atoms with Crippen LogP contribution in [0.5, 0.6) is 0 Å². The van der Waals surface area contributed by atoms with Crippen LogP contribution in [0.1, 0.15) is 35.5 Å². The van der Waals surface area contributed by atoms with E-state index in [0.717, 1.165) is 34.0 Å². The van der Waals surface area contributed by atoms with Crippen molar-refractivity contribution in [2.75, 3.05) is 13.7 Å². The van der Waals surface area contributed by atoms with Gasteiger partial charge in [0.2, 0.25) is 0 Å². The number of methoxy groups -OCH3 is 1. The number of aryl methyl sites for hydroxylation is 1. The number of nitrogens with one attached hydrogen (secondary N) is 1. The molecule has 184 valence electrons. The fourth-order valence-corrected chi connectivity index (χ4v) is 4.67. The SMILES string of the molecule is CCc1nn(-c2ccccc2)c2c1CN(C(=O)NCC(=O)OC)[C@@H](c1ccc(F)cc1)c1cccn1-2. The van der Waals surface area contributed by atoms with Crippen LogP contribution in [0.15, 0.2) is 72.9 Å². The Kier molecular flexibility index (Phi) is 6.28. The molecule has 36 heavy (non-hydrogen) atoms. The molecule has 1 aliphatic heterocycles. The lowest BCUT2D eigenvalue weighted by molar-refractivity contribution is -0.139. The molecule has 1 atom stereocenters. The number of halogens is 1. The predicted molar refractivity (Wildman–Crippen MR) is 131 cm³/mol. The first kappa shape index (κ1) is 23.3. The number of urea groups is 1. The summed E-state index contributed by atoms with van der Waals surface area (Å²) in [6.45, 7) is 2.00. The normalized spacial score (nSPS) is 14.5. The van der Waals surface area contributed by atoms with Crippen LogP contribution in [0.25, 0.3) is 11.5 Å². The number of esters is 1. The van der Waals surface area contributed by atoms with Gasteiger partial charge in [-0.15, -0.1) is 0 Å². The number of para-hydroxylation sites is 1. The summed E-state index contributed by atoms with van der Waals surface area (Å²) in [5, 5.41) is 7.58. The number of carbonyl (C=O) groups excluding carboxylic acids is 2. The lowest BCUT2D eigenvalue weighted by Crippen LogP contribution is -2.44. The van der Waals surface area contributed by atoms with E-state index in [-0.39, 0.29) is 18.9 Å². The molecule has 5 rings (SSSR count). The molecule has 4 aromatic rings. The lowest BCUT2D eigenvalue weighted by atomic mass is 10.0. The van der Waals surface area contributed by atoms with Crippen LogP contribution in [0, 0.1) is 5.82 Å². The van der Waals surface area contributed by atoms with Crippen molar-refractivity contribution in [3.05, 3.63) is 101 Å². The highest BCUT2D eigenvalue weighted by Crippen LogP contribution is 2.38. The molecule has 1 aliphatic rings. The molecule has 3 heterocycles. The molecule has 1 N–H and O–H groups in total. The Labute approximate surface area is 207 Å². The van der Waals surface area contributed by atoms with E-state index >= 15 is 0 Å². The van der Waals surface area contributed by atoms with Gasteiger partial charge in [0.25, 0.3) is 0 Å². The van der Waals surface area contributed by atoms with Gasteiger partial charge in [0, 0.05) is 11.8 Å². The molecule has 9 heteroatoms. The minimum absolute atomic E-state index is 0.238. The summed E-state index contributed by atoms with van der Waals surface area (Å²) in [4.78, 5) is 27.0. The number of hydrogen-bond donors (Lipinski definition) is 1. The molecule has 8 nitrogen and oxygen atoms in total. The Hall–Kier alpha value is -4.40. The molecule has 2 aromatic heterocycles. The van der Waals surface area contributed by atoms with Gasteiger partial charge in [-0.05, 0) is 48.4 Å². The summed E-state index contributed by atoms with van der Waals surface area (Å²) in [5.74, 6) is -0.0686. The summed E-state index contributed by atoms with van der Waals surface area (Å²) >= 11 is 0. The second-order valence-electron chi connectivity index (χ2n) is 8.47. The molecular formula is C27H26FN5O3. The Morgan fingerprint density at radius 2 is 1.83 bits per heavy atom. The highest BCUT2D eigenvalue weighted by atomic mass is 19.1. The van der Waals surface area contributed by atoms with E-state index in [9.17, 15) is 14.0 Å². The summed E-state index contributed by atoms with van der Waals surface area (Å²) < 4.78 is 22.4. The Balaban J connectivity index is 1.70. The van der Waals surface area contributed by atoms with Crippen LogP contribution < -0.4 is 5.32 Å². The van der Waals surface area contributed by atoms with E-state index in [1.165, 1.54) is 19.2 Å². The number of benzene rings is 2. The first-order valence-corrected chi connectivity index (χ1v) is 11.7. The molecule has 0 unspecified atom stereocenters. The standard InChI is InChI=1S/C27H26FN5O3/c1-3-22-21-17-32(27(35)29-16-24(34)36-2)25(18-11-13-19(28)14-12-18)23-10-7-15-31(23)26(21)33(30-22)20-8-5-4-6-9-20/h4-15,25H,3,16-17H2,1-2H3,(H,29,35)/t25-/m0/s1. The summed E-state index contributed by atoms with van der Waals surface area (Å²) in [7, 11) is 1.27. The number of aromatic nitrogens is 3. The number of ether oxygens (including phenoxy) is 1. The van der Waals surface area contributed by atoms with Crippen LogP contribution >= 0.6 is 0 Å². The third-order valence-electron chi connectivity index (χ3n) is 6.36. The highest BCUT2D eigenvalue weighted by Gasteiger charge is 2.36. The Morgan fingerprint density at radius 3 is 2.53 bits per heavy atom. The van der Waals surface area contributed by atoms with E-state index in [1.807, 2.05) is 64.8 Å². The maximum absolute atomic E-state index is 13.8. The van der Waals surface area contributed by atoms with Crippen molar-refractivity contribution in [2.45, 2.75) is 25.9 Å². The molecule has 0 bridgehead atoms. The Bertz CT molecular complexity index is 1390. The zero-order valence-electron chi connectivity index (χ0n) is 20.0. The molecule has 2 aromatic carbocycles. The van der Waals surface area contributed by atoms with Gasteiger partial charge in [0.1, 0.15) is 18.2 Å². The van der Waals surface area contributed by atoms with E-state index in [2.05, 4.69) is 5.32 Å². The van der Waals surface area contributed by atoms with Crippen molar-refractivity contribution in [1.29, 1.82) is 0 Å². The van der Waals surface area contributed by atoms with Gasteiger partial charge in [-0.2, -0.15) is 5.10 Å². The number of hydrogen-bond acceptors (Lipinski definition) is 4. The van der Waals surface area contributed by atoms with Crippen molar-refractivity contribution >= 4 is 12.0 Å². The average molecular weight is 488 g/mol. The van der Waals surface area contributed by atoms with Gasteiger partial charge in [0.15, 0.2) is 0 Å². The van der Waals surface area contributed by atoms with Gasteiger partial charge in [0.05, 0.1) is 36.8 Å². The van der Waals surface area contributed by atoms with E-state index in [0.29, 0.717) is 6.42 Å². The minimum Gasteiger partial charge on any atom is -0.468 e. The molecule has 0 saturated carbocycles. The third kappa shape index (κ3) is 4.13. The second kappa shape index (κ2) is 9.69. The van der Waals surface area contributed by atoms with Gasteiger partial charge < -0.3 is 19.5 Å². The average Bonchev–Trinajstić information content (AvgIpc) is 3.49. The van der Waals surface area contributed by atoms with Crippen LogP contribution in [0.3, 0.4) is 0 Å². The summed E-state index contributed by atoms with van der Waals surface area (Å²) in [5.41, 5.74) is 4.21. The maximum atomic E-state index is 13.8. The Morgan fingerprint density at radius 1 is 1.08 bits per heavy atom. The topological polar surface area (TPSA) is 81.4 Å². The number of rotatable bonds is 5. The van der Waals surface area contributed by atoms with Crippen LogP contribution in [-0.2, 0) is 22.5 Å². The monoisotopic (exact) mass is 487 g/mol. The van der Waals surface area contributed by atoms with Crippen molar-refractivity contribution in [3.8, 4) is 11.5 Å². The number of nitrogens with zero attached hydrogens (tertiary/aromatic N) is 4. The van der Waals surface area contributed by atoms with Gasteiger partial charge in [-0.3, -0.25) is 4.79 Å². The van der Waals surface area contributed by atoms with E-state index < -0.39 is 18.0 Å². The molecule has 0 saturated heterocycles. The maximum Gasteiger partial charge on any atom is 0.325 e. The largest absolute Gasteiger partial charge is 0.468 e. The van der Waals surface area contributed by atoms with E-state index in [4.69, 9.17) is 9.84 Å². The number of fused-ring (bicyclic) bond motifs is 3. The van der Waals surface area contributed by atoms with Crippen molar-refractivity contribution in [1.82, 2.24) is 24.6 Å². The van der Waals surface area contributed by atoms with Gasteiger partial charge >= 0.3 is 12.0 Å². The zero-order chi connectivity index (χ0) is 25.2. The van der Waals surface area contributed by atoms with Crippen LogP contribution in [0.2, 0.25) is 0 Å². The van der Waals surface area contributed by atoms with Crippen molar-refractivity contribution < 1.29 is 18.7 Å². The fourth-order valence-electron chi connectivity index (χ4n) is 4.67. The molecule has 0 spiro atoms. The van der Waals surface area contributed by atoms with Crippen LogP contribution in [0.4, 0.5) is 9.18 Å². The first-order valence-electron chi connectivity index (χ1n) is 11.7. The van der Waals surface area contributed by atoms with Gasteiger partial charge in [-0.25, -0.2) is 13.9 Å². The zero-order valence-corrected chi connectivity index (χ0v) is 20.0. The molecule has 0 aliphatic carbocycles. The molecule has 2 amide bonds. The molecule has 0 radical (unpaired) electrons. The number of amides is 2. The fraction of sp³-hybridized carbons (Fsp3) is 0.222. The first-order chi connectivity index (χ1) is 17.5. The third-order valence-corrected chi connectivity index (χ3v) is 6.36. The quantitative estimate of drug-likeness (QED) is 0.429. The van der Waals surface area contributed by atoms with Crippen LogP contribution in [-0.4, -0.2) is 44.9 Å². The predicted octanol–water partition coefficient (Wildman–Crippen LogP) is 4.15. The molecule has 0 fully saturated rings. The van der Waals surface area contributed by atoms with Crippen molar-refractivity contribution in [3.63, 3.8) is 0 Å². The lowest BCUT2D eigenvalue weighted by Gasteiger charge is -2.31. The smallest absolute Gasteiger partial charge is 0.325 e. The van der Waals surface area contributed by atoms with Crippen molar-refractivity contribution in [2.24, 2.45) is 0 Å².